The van der Waals surface area contributed by atoms with Gasteiger partial charge in [0.25, 0.3) is 11.8 Å². The number of nitrogens with zero attached hydrogens (tertiary/aromatic N) is 1. The fourth-order valence-corrected chi connectivity index (χ4v) is 5.47. The van der Waals surface area contributed by atoms with E-state index in [0.29, 0.717) is 40.2 Å². The number of carbonyl (C=O) groups is 2. The number of aryl methyl sites for hydroxylation is 1. The molecule has 8 heteroatoms. The van der Waals surface area contributed by atoms with Crippen molar-refractivity contribution in [3.05, 3.63) is 92.3 Å². The largest absolute Gasteiger partial charge is 0.393 e. The number of amides is 2. The van der Waals surface area contributed by atoms with Gasteiger partial charge in [-0.2, -0.15) is 0 Å². The number of hydrogen-bond acceptors (Lipinski definition) is 5. The second kappa shape index (κ2) is 11.5. The Bertz CT molecular complexity index is 1290. The Morgan fingerprint density at radius 1 is 1.08 bits per heavy atom. The molecule has 0 saturated carbocycles. The molecule has 2 amide bonds. The molecule has 1 aliphatic heterocycles. The second-order valence-corrected chi connectivity index (χ2v) is 10.1. The summed E-state index contributed by atoms with van der Waals surface area (Å²) in [6.45, 7) is 3.25. The van der Waals surface area contributed by atoms with E-state index in [-0.39, 0.29) is 11.8 Å². The van der Waals surface area contributed by atoms with Crippen molar-refractivity contribution in [2.75, 3.05) is 25.5 Å². The molecule has 186 valence electrons. The van der Waals surface area contributed by atoms with Gasteiger partial charge in [0.2, 0.25) is 0 Å². The van der Waals surface area contributed by atoms with Crippen LogP contribution >= 0.6 is 22.9 Å². The number of likely N-dealkylation sites (tertiary alicyclic amines) is 1. The number of nitrogens with one attached hydrogen (secondary N) is 3. The van der Waals surface area contributed by atoms with Gasteiger partial charge in [0.15, 0.2) is 0 Å². The lowest BCUT2D eigenvalue weighted by Gasteiger charge is -2.32. The number of thiophene rings is 1. The third-order valence-electron chi connectivity index (χ3n) is 6.51. The molecule has 2 aromatic carbocycles. The summed E-state index contributed by atoms with van der Waals surface area (Å²) in [5.74, 6) is 0.0909. The lowest BCUT2D eigenvalue weighted by molar-refractivity contribution is 0.0712. The van der Waals surface area contributed by atoms with Gasteiger partial charge in [-0.15, -0.1) is 11.3 Å². The average molecular weight is 521 g/mol. The fraction of sp³-hybridized carbons (Fsp3) is 0.250. The van der Waals surface area contributed by atoms with Gasteiger partial charge in [0.1, 0.15) is 4.88 Å². The zero-order valence-corrected chi connectivity index (χ0v) is 21.9. The molecule has 0 bridgehead atoms. The average Bonchev–Trinajstić information content (AvgIpc) is 3.34. The highest BCUT2D eigenvalue weighted by Crippen LogP contribution is 2.30. The van der Waals surface area contributed by atoms with Crippen molar-refractivity contribution in [2.45, 2.75) is 25.7 Å². The minimum absolute atomic E-state index is 0.0266. The molecule has 1 aliphatic rings. The van der Waals surface area contributed by atoms with Crippen LogP contribution in [0.5, 0.6) is 0 Å². The van der Waals surface area contributed by atoms with E-state index < -0.39 is 0 Å². The minimum atomic E-state index is -0.274. The third kappa shape index (κ3) is 5.69. The molecule has 3 aromatic rings. The second-order valence-electron chi connectivity index (χ2n) is 8.80. The lowest BCUT2D eigenvalue weighted by Crippen LogP contribution is -2.38. The summed E-state index contributed by atoms with van der Waals surface area (Å²) in [6, 6.07) is 15.5. The lowest BCUT2D eigenvalue weighted by atomic mass is 9.88. The first kappa shape index (κ1) is 25.7. The van der Waals surface area contributed by atoms with Gasteiger partial charge in [-0.1, -0.05) is 41.9 Å². The Hall–Kier alpha value is -3.42. The summed E-state index contributed by atoms with van der Waals surface area (Å²) in [5.41, 5.74) is 5.14. The van der Waals surface area contributed by atoms with E-state index in [0.717, 1.165) is 29.5 Å². The zero-order chi connectivity index (χ0) is 25.7. The van der Waals surface area contributed by atoms with Crippen LogP contribution in [0.2, 0.25) is 5.02 Å². The Kier molecular flexibility index (Phi) is 8.23. The number of piperidine rings is 1. The van der Waals surface area contributed by atoms with E-state index in [2.05, 4.69) is 22.8 Å². The molecule has 0 unspecified atom stereocenters. The molecule has 0 atom stereocenters. The first-order chi connectivity index (χ1) is 17.4. The fourth-order valence-electron chi connectivity index (χ4n) is 4.43. The molecule has 2 heterocycles. The molecule has 6 nitrogen and oxygen atoms in total. The van der Waals surface area contributed by atoms with Gasteiger partial charge in [-0.25, -0.2) is 0 Å². The molecule has 0 radical (unpaired) electrons. The van der Waals surface area contributed by atoms with Crippen molar-refractivity contribution in [3.8, 4) is 0 Å². The SMILES string of the molecule is CN/C=C(\C=N)c1ccc(C2CCN(C(=O)c3ccc(C)c(NC(=O)c4sccc4Cl)c3)CC2)cc1. The van der Waals surface area contributed by atoms with E-state index >= 15 is 0 Å². The van der Waals surface area contributed by atoms with E-state index in [1.54, 1.807) is 17.5 Å². The smallest absolute Gasteiger partial charge is 0.267 e. The van der Waals surface area contributed by atoms with E-state index in [4.69, 9.17) is 17.0 Å². The van der Waals surface area contributed by atoms with Crippen LogP contribution in [0.25, 0.3) is 5.57 Å². The Morgan fingerprint density at radius 3 is 2.39 bits per heavy atom. The molecular weight excluding hydrogens is 492 g/mol. The zero-order valence-electron chi connectivity index (χ0n) is 20.3. The molecule has 36 heavy (non-hydrogen) atoms. The van der Waals surface area contributed by atoms with Crippen molar-refractivity contribution in [2.24, 2.45) is 0 Å². The first-order valence-corrected chi connectivity index (χ1v) is 13.1. The maximum atomic E-state index is 13.2. The Labute approximate surface area is 220 Å². The molecule has 1 aromatic heterocycles. The van der Waals surface area contributed by atoms with Crippen molar-refractivity contribution in [1.29, 1.82) is 5.41 Å². The molecule has 0 spiro atoms. The number of benzene rings is 2. The van der Waals surface area contributed by atoms with E-state index in [1.165, 1.54) is 23.1 Å². The standard InChI is InChI=1S/C28H29ClN4O2S/c1-18-3-4-22(15-25(18)32-27(34)26-24(29)11-14-36-26)28(35)33-12-9-21(10-13-33)19-5-7-20(8-6-19)23(16-30)17-31-2/h3-8,11,14-17,21,30-31H,9-10,12-13H2,1-2H3,(H,32,34)/b23-17+,30-16?. The highest BCUT2D eigenvalue weighted by atomic mass is 35.5. The predicted octanol–water partition coefficient (Wildman–Crippen LogP) is 6.19. The number of carbonyl (C=O) groups excluding carboxylic acids is 2. The van der Waals surface area contributed by atoms with Gasteiger partial charge in [-0.3, -0.25) is 9.59 Å². The summed E-state index contributed by atoms with van der Waals surface area (Å²) in [4.78, 5) is 28.2. The Morgan fingerprint density at radius 2 is 1.78 bits per heavy atom. The summed E-state index contributed by atoms with van der Waals surface area (Å²) in [7, 11) is 1.82. The number of anilines is 1. The topological polar surface area (TPSA) is 85.3 Å². The van der Waals surface area contributed by atoms with Gasteiger partial charge in [-0.05, 0) is 66.0 Å². The molecule has 1 saturated heterocycles. The van der Waals surface area contributed by atoms with Gasteiger partial charge >= 0.3 is 0 Å². The van der Waals surface area contributed by atoms with Gasteiger partial charge in [0.05, 0.1) is 5.02 Å². The number of hydrogen-bond donors (Lipinski definition) is 3. The summed E-state index contributed by atoms with van der Waals surface area (Å²) >= 11 is 7.38. The van der Waals surface area contributed by atoms with E-state index in [9.17, 15) is 9.59 Å². The molecule has 3 N–H and O–H groups in total. The van der Waals surface area contributed by atoms with Crippen molar-refractivity contribution < 1.29 is 9.59 Å². The predicted molar refractivity (Wildman–Crippen MR) is 149 cm³/mol. The van der Waals surface area contributed by atoms with Crippen LogP contribution in [0.4, 0.5) is 5.69 Å². The quantitative estimate of drug-likeness (QED) is 0.324. The van der Waals surface area contributed by atoms with Crippen molar-refractivity contribution in [3.63, 3.8) is 0 Å². The maximum absolute atomic E-state index is 13.2. The van der Waals surface area contributed by atoms with Crippen LogP contribution < -0.4 is 10.6 Å². The number of rotatable bonds is 7. The van der Waals surface area contributed by atoms with Crippen LogP contribution in [-0.2, 0) is 0 Å². The van der Waals surface area contributed by atoms with Crippen LogP contribution in [-0.4, -0.2) is 43.1 Å². The highest BCUT2D eigenvalue weighted by Gasteiger charge is 2.25. The van der Waals surface area contributed by atoms with Crippen LogP contribution in [0.3, 0.4) is 0 Å². The van der Waals surface area contributed by atoms with Crippen LogP contribution in [0.1, 0.15) is 55.5 Å². The normalized spacial score (nSPS) is 14.4. The van der Waals surface area contributed by atoms with Crippen LogP contribution in [0.15, 0.2) is 60.1 Å². The van der Waals surface area contributed by atoms with Crippen molar-refractivity contribution in [1.82, 2.24) is 10.2 Å². The highest BCUT2D eigenvalue weighted by molar-refractivity contribution is 7.12. The maximum Gasteiger partial charge on any atom is 0.267 e. The van der Waals surface area contributed by atoms with Gasteiger partial charge in [0, 0.05) is 49.4 Å². The third-order valence-corrected chi connectivity index (χ3v) is 7.85. The number of allylic oxidation sites excluding steroid dienone is 1. The summed E-state index contributed by atoms with van der Waals surface area (Å²) < 4.78 is 0. The molecular formula is C28H29ClN4O2S. The first-order valence-electron chi connectivity index (χ1n) is 11.8. The van der Waals surface area contributed by atoms with Crippen LogP contribution in [0, 0.1) is 12.3 Å². The Balaban J connectivity index is 1.39. The monoisotopic (exact) mass is 520 g/mol. The minimum Gasteiger partial charge on any atom is -0.393 e. The van der Waals surface area contributed by atoms with Crippen molar-refractivity contribution >= 4 is 52.2 Å². The molecule has 0 aliphatic carbocycles. The molecule has 4 rings (SSSR count). The van der Waals surface area contributed by atoms with E-state index in [1.807, 2.05) is 49.3 Å². The van der Waals surface area contributed by atoms with Gasteiger partial charge < -0.3 is 20.9 Å². The summed E-state index contributed by atoms with van der Waals surface area (Å²) in [6.07, 6.45) is 4.93. The summed E-state index contributed by atoms with van der Waals surface area (Å²) in [5, 5.41) is 15.7. The molecule has 1 fully saturated rings. The number of halogens is 1.